The molecule has 0 heterocycles. The van der Waals surface area contributed by atoms with Gasteiger partial charge in [0, 0.05) is 10.7 Å². The summed E-state index contributed by atoms with van der Waals surface area (Å²) in [4.78, 5) is 0. The molecule has 2 aromatic rings. The van der Waals surface area contributed by atoms with Gasteiger partial charge in [-0.1, -0.05) is 25.4 Å². The first kappa shape index (κ1) is 17.9. The molecule has 0 aliphatic carbocycles. The lowest BCUT2D eigenvalue weighted by Gasteiger charge is -2.10. The van der Waals surface area contributed by atoms with E-state index < -0.39 is 11.7 Å². The van der Waals surface area contributed by atoms with Gasteiger partial charge in [0.25, 0.3) is 0 Å². The van der Waals surface area contributed by atoms with E-state index in [0.29, 0.717) is 22.0 Å². The molecular weight excluding hydrogens is 313 g/mol. The van der Waals surface area contributed by atoms with Gasteiger partial charge < -0.3 is 5.32 Å². The highest BCUT2D eigenvalue weighted by atomic mass is 35.5. The quantitative estimate of drug-likeness (QED) is 0.734. The monoisotopic (exact) mass is 326 g/mol. The first-order chi connectivity index (χ1) is 10.4. The fourth-order valence-electron chi connectivity index (χ4n) is 1.62. The summed E-state index contributed by atoms with van der Waals surface area (Å²) in [5.74, 6) is 0. The lowest BCUT2D eigenvalue weighted by Crippen LogP contribution is -2.04. The molecule has 116 valence electrons. The van der Waals surface area contributed by atoms with Crippen LogP contribution in [0.4, 0.5) is 24.5 Å². The van der Waals surface area contributed by atoms with E-state index in [1.807, 2.05) is 19.9 Å². The molecule has 0 fully saturated rings. The van der Waals surface area contributed by atoms with Gasteiger partial charge in [0.05, 0.1) is 16.8 Å². The smallest absolute Gasteiger partial charge is 0.354 e. The van der Waals surface area contributed by atoms with Gasteiger partial charge in [-0.05, 0) is 42.5 Å². The van der Waals surface area contributed by atoms with Crippen molar-refractivity contribution in [3.63, 3.8) is 0 Å². The molecule has 0 atom stereocenters. The summed E-state index contributed by atoms with van der Waals surface area (Å²) in [5, 5.41) is 12.3. The molecule has 0 saturated heterocycles. The zero-order chi connectivity index (χ0) is 16.8. The Morgan fingerprint density at radius 3 is 2.14 bits per heavy atom. The molecule has 0 aliphatic rings. The summed E-state index contributed by atoms with van der Waals surface area (Å²) in [6.45, 7) is 4.00. The predicted octanol–water partition coefficient (Wildman–Crippen LogP) is 6.00. The molecule has 0 amide bonds. The second-order valence-corrected chi connectivity index (χ2v) is 4.44. The van der Waals surface area contributed by atoms with Gasteiger partial charge in [-0.25, -0.2) is 0 Å². The average molecular weight is 327 g/mol. The van der Waals surface area contributed by atoms with Crippen LogP contribution in [0.1, 0.15) is 25.0 Å². The van der Waals surface area contributed by atoms with Crippen LogP contribution < -0.4 is 5.32 Å². The second kappa shape index (κ2) is 7.71. The Labute approximate surface area is 132 Å². The summed E-state index contributed by atoms with van der Waals surface area (Å²) >= 11 is 5.77. The highest BCUT2D eigenvalue weighted by Gasteiger charge is 2.29. The van der Waals surface area contributed by atoms with Crippen molar-refractivity contribution in [2.45, 2.75) is 20.0 Å². The summed E-state index contributed by atoms with van der Waals surface area (Å²) in [5.41, 5.74) is 0.533. The summed E-state index contributed by atoms with van der Waals surface area (Å²) in [6, 6.07) is 11.2. The third-order valence-corrected chi connectivity index (χ3v) is 2.83. The minimum absolute atomic E-state index is 0.317. The van der Waals surface area contributed by atoms with Crippen LogP contribution >= 0.6 is 11.6 Å². The second-order valence-electron chi connectivity index (χ2n) is 4.00. The normalized spacial score (nSPS) is 10.2. The van der Waals surface area contributed by atoms with Gasteiger partial charge >= 0.3 is 6.18 Å². The van der Waals surface area contributed by atoms with Crippen LogP contribution in [0.15, 0.2) is 42.5 Å². The number of nitrogens with zero attached hydrogens (tertiary/aromatic N) is 1. The predicted molar refractivity (Wildman–Crippen MR) is 82.2 cm³/mol. The van der Waals surface area contributed by atoms with Gasteiger partial charge in [-0.3, -0.25) is 0 Å². The van der Waals surface area contributed by atoms with Gasteiger partial charge in [0.2, 0.25) is 0 Å². The first-order valence-corrected chi connectivity index (χ1v) is 6.92. The number of nitriles is 1. The number of anilines is 2. The lowest BCUT2D eigenvalue weighted by molar-refractivity contribution is -0.137. The summed E-state index contributed by atoms with van der Waals surface area (Å²) in [6.07, 6.45) is -4.36. The maximum Gasteiger partial charge on any atom is 0.416 e. The van der Waals surface area contributed by atoms with E-state index in [1.54, 1.807) is 12.1 Å². The highest BCUT2D eigenvalue weighted by molar-refractivity contribution is 6.30. The average Bonchev–Trinajstić information content (AvgIpc) is 2.50. The highest BCUT2D eigenvalue weighted by Crippen LogP contribution is 2.31. The first-order valence-electron chi connectivity index (χ1n) is 6.54. The Morgan fingerprint density at radius 2 is 1.64 bits per heavy atom. The van der Waals surface area contributed by atoms with Crippen molar-refractivity contribution in [1.82, 2.24) is 0 Å². The Balaban J connectivity index is 0.00000116. The van der Waals surface area contributed by atoms with Crippen LogP contribution in [0.2, 0.25) is 5.02 Å². The van der Waals surface area contributed by atoms with E-state index in [1.165, 1.54) is 18.2 Å². The third-order valence-electron chi connectivity index (χ3n) is 2.59. The van der Waals surface area contributed by atoms with Gasteiger partial charge in [0.1, 0.15) is 6.07 Å². The fourth-order valence-corrected chi connectivity index (χ4v) is 1.79. The largest absolute Gasteiger partial charge is 0.416 e. The summed E-state index contributed by atoms with van der Waals surface area (Å²) < 4.78 is 37.3. The van der Waals surface area contributed by atoms with Gasteiger partial charge in [-0.15, -0.1) is 0 Å². The molecule has 0 unspecified atom stereocenters. The molecule has 2 aromatic carbocycles. The zero-order valence-corrected chi connectivity index (χ0v) is 12.8. The molecule has 2 nitrogen and oxygen atoms in total. The molecule has 0 radical (unpaired) electrons. The topological polar surface area (TPSA) is 35.8 Å². The minimum atomic E-state index is -4.36. The SMILES string of the molecule is CC.N#Cc1cc(Cl)ccc1Nc1ccc(C(F)(F)F)cc1. The number of alkyl halides is 3. The Morgan fingerprint density at radius 1 is 1.05 bits per heavy atom. The van der Waals surface area contributed by atoms with Crippen LogP contribution in [0.5, 0.6) is 0 Å². The number of hydrogen-bond acceptors (Lipinski definition) is 2. The molecule has 0 saturated carbocycles. The van der Waals surface area contributed by atoms with Gasteiger partial charge in [-0.2, -0.15) is 18.4 Å². The molecule has 0 spiro atoms. The molecular formula is C16H14ClF3N2. The zero-order valence-electron chi connectivity index (χ0n) is 12.0. The van der Waals surface area contributed by atoms with Crippen molar-refractivity contribution in [3.05, 3.63) is 58.6 Å². The van der Waals surface area contributed by atoms with Crippen LogP contribution in [0.3, 0.4) is 0 Å². The van der Waals surface area contributed by atoms with Crippen molar-refractivity contribution < 1.29 is 13.2 Å². The molecule has 2 rings (SSSR count). The maximum atomic E-state index is 12.4. The fraction of sp³-hybridized carbons (Fsp3) is 0.188. The Kier molecular flexibility index (Phi) is 6.26. The standard InChI is InChI=1S/C14H8ClF3N2.C2H6/c15-11-3-6-13(9(7-11)8-19)20-12-4-1-10(2-5-12)14(16,17)18;1-2/h1-7,20H;1-2H3. The maximum absolute atomic E-state index is 12.4. The Hall–Kier alpha value is -2.19. The van der Waals surface area contributed by atoms with Crippen molar-refractivity contribution >= 4 is 23.0 Å². The van der Waals surface area contributed by atoms with E-state index in [4.69, 9.17) is 16.9 Å². The number of halogens is 4. The van der Waals surface area contributed by atoms with Crippen LogP contribution in [-0.2, 0) is 6.18 Å². The van der Waals surface area contributed by atoms with E-state index in [0.717, 1.165) is 12.1 Å². The third kappa shape index (κ3) is 4.68. The van der Waals surface area contributed by atoms with Crippen molar-refractivity contribution in [2.75, 3.05) is 5.32 Å². The van der Waals surface area contributed by atoms with Gasteiger partial charge in [0.15, 0.2) is 0 Å². The molecule has 0 bridgehead atoms. The van der Waals surface area contributed by atoms with Crippen molar-refractivity contribution in [1.29, 1.82) is 5.26 Å². The Bertz CT molecular complexity index is 659. The van der Waals surface area contributed by atoms with E-state index in [9.17, 15) is 13.2 Å². The molecule has 0 aromatic heterocycles. The number of nitrogens with one attached hydrogen (secondary N) is 1. The lowest BCUT2D eigenvalue weighted by atomic mass is 10.1. The molecule has 6 heteroatoms. The minimum Gasteiger partial charge on any atom is -0.354 e. The van der Waals surface area contributed by atoms with Crippen molar-refractivity contribution in [2.24, 2.45) is 0 Å². The van der Waals surface area contributed by atoms with Crippen LogP contribution in [0.25, 0.3) is 0 Å². The van der Waals surface area contributed by atoms with E-state index >= 15 is 0 Å². The van der Waals surface area contributed by atoms with Crippen molar-refractivity contribution in [3.8, 4) is 6.07 Å². The molecule has 1 N–H and O–H groups in total. The molecule has 22 heavy (non-hydrogen) atoms. The summed E-state index contributed by atoms with van der Waals surface area (Å²) in [7, 11) is 0. The van der Waals surface area contributed by atoms with Crippen LogP contribution in [-0.4, -0.2) is 0 Å². The molecule has 0 aliphatic heterocycles. The number of rotatable bonds is 2. The van der Waals surface area contributed by atoms with E-state index in [2.05, 4.69) is 5.32 Å². The number of hydrogen-bond donors (Lipinski definition) is 1. The van der Waals surface area contributed by atoms with E-state index in [-0.39, 0.29) is 0 Å². The number of benzene rings is 2. The van der Waals surface area contributed by atoms with Crippen LogP contribution in [0, 0.1) is 11.3 Å².